The Morgan fingerprint density at radius 3 is 2.71 bits per heavy atom. The Bertz CT molecular complexity index is 541. The van der Waals surface area contributed by atoms with Gasteiger partial charge in [-0.1, -0.05) is 20.8 Å². The number of aromatic nitrogens is 4. The maximum atomic E-state index is 5.90. The number of thioether (sulfide) groups is 1. The van der Waals surface area contributed by atoms with Crippen LogP contribution in [0.25, 0.3) is 11.0 Å². The number of hydrogen-bond acceptors (Lipinski definition) is 5. The van der Waals surface area contributed by atoms with Gasteiger partial charge < -0.3 is 5.73 Å². The molecule has 0 aliphatic rings. The SMILES string of the molecule is Cn1ncc2c(N)nc(CSC(C)(C)C)nc21. The number of hydrogen-bond donors (Lipinski definition) is 1. The van der Waals surface area contributed by atoms with Crippen molar-refractivity contribution in [2.75, 3.05) is 5.73 Å². The molecule has 0 spiro atoms. The molecule has 2 aromatic rings. The number of nitrogens with zero attached hydrogens (tertiary/aromatic N) is 4. The Kier molecular flexibility index (Phi) is 2.99. The van der Waals surface area contributed by atoms with Crippen LogP contribution in [0.5, 0.6) is 0 Å². The summed E-state index contributed by atoms with van der Waals surface area (Å²) in [6.07, 6.45) is 1.70. The third-order valence-corrected chi connectivity index (χ3v) is 3.57. The van der Waals surface area contributed by atoms with E-state index in [1.165, 1.54) is 0 Å². The molecule has 0 saturated heterocycles. The Morgan fingerprint density at radius 1 is 1.35 bits per heavy atom. The van der Waals surface area contributed by atoms with Gasteiger partial charge in [-0.3, -0.25) is 4.68 Å². The van der Waals surface area contributed by atoms with Gasteiger partial charge in [-0.25, -0.2) is 9.97 Å². The van der Waals surface area contributed by atoms with Crippen LogP contribution in [0.3, 0.4) is 0 Å². The zero-order valence-corrected chi connectivity index (χ0v) is 11.4. The second-order valence-corrected chi connectivity index (χ2v) is 6.73. The predicted octanol–water partition coefficient (Wildman–Crippen LogP) is 1.98. The normalized spacial score (nSPS) is 12.2. The van der Waals surface area contributed by atoms with Crippen molar-refractivity contribution in [2.45, 2.75) is 31.3 Å². The van der Waals surface area contributed by atoms with Gasteiger partial charge >= 0.3 is 0 Å². The summed E-state index contributed by atoms with van der Waals surface area (Å²) in [7, 11) is 1.86. The number of aryl methyl sites for hydroxylation is 1. The van der Waals surface area contributed by atoms with Crippen LogP contribution in [0, 0.1) is 0 Å². The molecule has 0 aliphatic heterocycles. The lowest BCUT2D eigenvalue weighted by Crippen LogP contribution is -2.09. The second-order valence-electron chi connectivity index (χ2n) is 4.93. The van der Waals surface area contributed by atoms with Crippen molar-refractivity contribution >= 4 is 28.6 Å². The highest BCUT2D eigenvalue weighted by Gasteiger charge is 2.14. The predicted molar refractivity (Wildman–Crippen MR) is 71.8 cm³/mol. The van der Waals surface area contributed by atoms with Gasteiger partial charge in [0.15, 0.2) is 5.65 Å². The van der Waals surface area contributed by atoms with Gasteiger partial charge in [-0.2, -0.15) is 5.10 Å². The summed E-state index contributed by atoms with van der Waals surface area (Å²) in [5.74, 6) is 2.03. The Morgan fingerprint density at radius 2 is 2.06 bits per heavy atom. The van der Waals surface area contributed by atoms with Gasteiger partial charge in [0.2, 0.25) is 0 Å². The molecule has 2 heterocycles. The lowest BCUT2D eigenvalue weighted by molar-refractivity contribution is 0.781. The number of nitrogen functional groups attached to an aromatic ring is 1. The van der Waals surface area contributed by atoms with Crippen LogP contribution in [-0.2, 0) is 12.8 Å². The number of nitrogens with two attached hydrogens (primary N) is 1. The Balaban J connectivity index is 2.33. The first kappa shape index (κ1) is 12.2. The molecule has 2 aromatic heterocycles. The minimum atomic E-state index is 0.194. The van der Waals surface area contributed by atoms with Gasteiger partial charge in [0.1, 0.15) is 11.6 Å². The van der Waals surface area contributed by atoms with Crippen molar-refractivity contribution in [3.8, 4) is 0 Å². The number of anilines is 1. The molecular weight excluding hydrogens is 234 g/mol. The molecule has 0 bridgehead atoms. The van der Waals surface area contributed by atoms with E-state index in [1.54, 1.807) is 22.6 Å². The lowest BCUT2D eigenvalue weighted by atomic mass is 10.3. The summed E-state index contributed by atoms with van der Waals surface area (Å²) >= 11 is 1.80. The van der Waals surface area contributed by atoms with E-state index >= 15 is 0 Å². The van der Waals surface area contributed by atoms with Crippen LogP contribution in [0.2, 0.25) is 0 Å². The standard InChI is InChI=1S/C11H17N5S/c1-11(2,3)17-6-8-14-9(12)7-5-13-16(4)10(7)15-8/h5H,6H2,1-4H3,(H2,12,14,15). The molecule has 2 N–H and O–H groups in total. The molecule has 0 saturated carbocycles. The molecule has 6 heteroatoms. The minimum Gasteiger partial charge on any atom is -0.383 e. The first-order valence-electron chi connectivity index (χ1n) is 5.45. The van der Waals surface area contributed by atoms with E-state index in [4.69, 9.17) is 5.73 Å². The van der Waals surface area contributed by atoms with Crippen LogP contribution in [0.4, 0.5) is 5.82 Å². The zero-order chi connectivity index (χ0) is 12.6. The largest absolute Gasteiger partial charge is 0.383 e. The van der Waals surface area contributed by atoms with Gasteiger partial charge in [0.05, 0.1) is 17.3 Å². The molecule has 17 heavy (non-hydrogen) atoms. The first-order valence-corrected chi connectivity index (χ1v) is 6.43. The fourth-order valence-corrected chi connectivity index (χ4v) is 2.13. The highest BCUT2D eigenvalue weighted by atomic mass is 32.2. The average molecular weight is 251 g/mol. The van der Waals surface area contributed by atoms with Gasteiger partial charge in [-0.15, -0.1) is 11.8 Å². The van der Waals surface area contributed by atoms with Crippen LogP contribution in [-0.4, -0.2) is 24.5 Å². The smallest absolute Gasteiger partial charge is 0.163 e. The van der Waals surface area contributed by atoms with Crippen molar-refractivity contribution in [2.24, 2.45) is 7.05 Å². The van der Waals surface area contributed by atoms with Crippen molar-refractivity contribution in [1.29, 1.82) is 0 Å². The van der Waals surface area contributed by atoms with E-state index < -0.39 is 0 Å². The lowest BCUT2D eigenvalue weighted by Gasteiger charge is -2.16. The monoisotopic (exact) mass is 251 g/mol. The van der Waals surface area contributed by atoms with Crippen molar-refractivity contribution in [3.05, 3.63) is 12.0 Å². The van der Waals surface area contributed by atoms with Crippen LogP contribution in [0.1, 0.15) is 26.6 Å². The van der Waals surface area contributed by atoms with Gasteiger partial charge in [0, 0.05) is 11.8 Å². The highest BCUT2D eigenvalue weighted by molar-refractivity contribution is 7.99. The maximum absolute atomic E-state index is 5.90. The number of rotatable bonds is 2. The van der Waals surface area contributed by atoms with E-state index in [9.17, 15) is 0 Å². The van der Waals surface area contributed by atoms with E-state index in [0.29, 0.717) is 5.82 Å². The summed E-state index contributed by atoms with van der Waals surface area (Å²) in [5.41, 5.74) is 6.69. The molecule has 0 fully saturated rings. The molecule has 2 rings (SSSR count). The summed E-state index contributed by atoms with van der Waals surface area (Å²) in [5, 5.41) is 4.95. The van der Waals surface area contributed by atoms with Gasteiger partial charge in [-0.05, 0) is 0 Å². The molecule has 0 aliphatic carbocycles. The average Bonchev–Trinajstić information content (AvgIpc) is 2.57. The molecule has 5 nitrogen and oxygen atoms in total. The Hall–Kier alpha value is -1.30. The fraction of sp³-hybridized carbons (Fsp3) is 0.545. The quantitative estimate of drug-likeness (QED) is 0.883. The zero-order valence-electron chi connectivity index (χ0n) is 10.6. The molecule has 0 amide bonds. The third-order valence-electron chi connectivity index (χ3n) is 2.30. The summed E-state index contributed by atoms with van der Waals surface area (Å²) in [6.45, 7) is 6.51. The molecule has 92 valence electrons. The number of fused-ring (bicyclic) bond motifs is 1. The fourth-order valence-electron chi connectivity index (χ4n) is 1.44. The highest BCUT2D eigenvalue weighted by Crippen LogP contribution is 2.27. The van der Waals surface area contributed by atoms with E-state index in [-0.39, 0.29) is 4.75 Å². The summed E-state index contributed by atoms with van der Waals surface area (Å²) < 4.78 is 1.91. The Labute approximate surface area is 105 Å². The molecule has 0 atom stereocenters. The van der Waals surface area contributed by atoms with Crippen molar-refractivity contribution < 1.29 is 0 Å². The summed E-state index contributed by atoms with van der Waals surface area (Å²) in [6, 6.07) is 0. The molecule has 0 radical (unpaired) electrons. The van der Waals surface area contributed by atoms with Crippen LogP contribution >= 0.6 is 11.8 Å². The van der Waals surface area contributed by atoms with E-state index in [0.717, 1.165) is 22.6 Å². The van der Waals surface area contributed by atoms with Crippen LogP contribution in [0.15, 0.2) is 6.20 Å². The van der Waals surface area contributed by atoms with Crippen LogP contribution < -0.4 is 5.73 Å². The first-order chi connectivity index (χ1) is 7.87. The topological polar surface area (TPSA) is 69.6 Å². The van der Waals surface area contributed by atoms with E-state index in [1.807, 2.05) is 7.05 Å². The van der Waals surface area contributed by atoms with E-state index in [2.05, 4.69) is 35.8 Å². The van der Waals surface area contributed by atoms with Crippen molar-refractivity contribution in [3.63, 3.8) is 0 Å². The second kappa shape index (κ2) is 4.18. The summed E-state index contributed by atoms with van der Waals surface area (Å²) in [4.78, 5) is 8.80. The maximum Gasteiger partial charge on any atom is 0.163 e. The molecule has 0 aromatic carbocycles. The van der Waals surface area contributed by atoms with Gasteiger partial charge in [0.25, 0.3) is 0 Å². The molecule has 0 unspecified atom stereocenters. The third kappa shape index (κ3) is 2.69. The minimum absolute atomic E-state index is 0.194. The van der Waals surface area contributed by atoms with Crippen molar-refractivity contribution in [1.82, 2.24) is 19.7 Å². The molecular formula is C11H17N5S.